The van der Waals surface area contributed by atoms with E-state index in [1.54, 1.807) is 6.07 Å². The molecule has 0 atom stereocenters. The summed E-state index contributed by atoms with van der Waals surface area (Å²) in [4.78, 5) is 12.0. The Kier molecular flexibility index (Phi) is 4.08. The van der Waals surface area contributed by atoms with Gasteiger partial charge in [-0.3, -0.25) is 10.2 Å². The van der Waals surface area contributed by atoms with Crippen molar-refractivity contribution >= 4 is 23.4 Å². The van der Waals surface area contributed by atoms with Crippen LogP contribution in [0.2, 0.25) is 0 Å². The highest BCUT2D eigenvalue weighted by atomic mass is 32.2. The molecule has 5 N–H and O–H groups in total. The van der Waals surface area contributed by atoms with E-state index in [0.717, 1.165) is 0 Å². The zero-order chi connectivity index (χ0) is 13.8. The van der Waals surface area contributed by atoms with E-state index in [-0.39, 0.29) is 11.6 Å². The molecule has 1 amide bonds. The van der Waals surface area contributed by atoms with Crippen LogP contribution in [0.4, 0.5) is 10.1 Å². The molecule has 7 heteroatoms. The van der Waals surface area contributed by atoms with Crippen LogP contribution in [0.15, 0.2) is 39.8 Å². The van der Waals surface area contributed by atoms with Gasteiger partial charge in [-0.05, 0) is 24.3 Å². The van der Waals surface area contributed by atoms with Crippen LogP contribution < -0.4 is 17.0 Å². The number of halogens is 1. The number of hydrogen-bond donors (Lipinski definition) is 3. The summed E-state index contributed by atoms with van der Waals surface area (Å²) in [7, 11) is 0. The van der Waals surface area contributed by atoms with Crippen molar-refractivity contribution in [1.82, 2.24) is 5.43 Å². The Morgan fingerprint density at radius 3 is 2.95 bits per heavy atom. The lowest BCUT2D eigenvalue weighted by molar-refractivity contribution is 0.0925. The maximum atomic E-state index is 13.1. The number of furan rings is 1. The molecular weight excluding hydrogens is 269 g/mol. The number of hydrogen-bond acceptors (Lipinski definition) is 5. The number of carbonyl (C=O) groups excluding carboxylic acids is 1. The number of nitrogen functional groups attached to an aromatic ring is 2. The van der Waals surface area contributed by atoms with Crippen LogP contribution in [0.25, 0.3) is 0 Å². The molecule has 1 heterocycles. The standard InChI is InChI=1S/C12H12FN3O2S/c13-8-1-2-9(14)10(5-8)19-6-7-3-4-18-11(7)12(17)16-15/h1-5H,6,14-15H2,(H,16,17). The van der Waals surface area contributed by atoms with E-state index in [2.05, 4.69) is 0 Å². The second-order valence-electron chi connectivity index (χ2n) is 3.72. The monoisotopic (exact) mass is 281 g/mol. The molecule has 0 aliphatic heterocycles. The number of hydrazine groups is 1. The van der Waals surface area contributed by atoms with E-state index < -0.39 is 5.91 Å². The van der Waals surface area contributed by atoms with Crippen LogP contribution in [0.3, 0.4) is 0 Å². The first-order valence-electron chi connectivity index (χ1n) is 5.37. The van der Waals surface area contributed by atoms with Crippen molar-refractivity contribution in [3.8, 4) is 0 Å². The zero-order valence-corrected chi connectivity index (χ0v) is 10.7. The molecule has 0 fully saturated rings. The molecular formula is C12H12FN3O2S. The van der Waals surface area contributed by atoms with E-state index in [4.69, 9.17) is 16.0 Å². The van der Waals surface area contributed by atoms with Gasteiger partial charge in [0.15, 0.2) is 5.76 Å². The summed E-state index contributed by atoms with van der Waals surface area (Å²) in [6.45, 7) is 0. The number of nitrogens with two attached hydrogens (primary N) is 2. The highest BCUT2D eigenvalue weighted by Gasteiger charge is 2.14. The van der Waals surface area contributed by atoms with Crippen LogP contribution >= 0.6 is 11.8 Å². The van der Waals surface area contributed by atoms with Gasteiger partial charge >= 0.3 is 5.91 Å². The van der Waals surface area contributed by atoms with Gasteiger partial charge in [0, 0.05) is 21.9 Å². The molecule has 0 saturated carbocycles. The Labute approximate surface area is 113 Å². The minimum atomic E-state index is -0.507. The molecule has 0 aliphatic rings. The number of anilines is 1. The average Bonchev–Trinajstić information content (AvgIpc) is 2.87. The minimum absolute atomic E-state index is 0.143. The summed E-state index contributed by atoms with van der Waals surface area (Å²) in [5.74, 6) is 4.75. The van der Waals surface area contributed by atoms with Gasteiger partial charge < -0.3 is 10.2 Å². The van der Waals surface area contributed by atoms with Gasteiger partial charge in [-0.2, -0.15) is 0 Å². The predicted octanol–water partition coefficient (Wildman–Crippen LogP) is 1.90. The molecule has 2 aromatic rings. The molecule has 5 nitrogen and oxygen atoms in total. The summed E-state index contributed by atoms with van der Waals surface area (Å²) < 4.78 is 18.2. The Hall–Kier alpha value is -1.99. The fourth-order valence-corrected chi connectivity index (χ4v) is 2.47. The van der Waals surface area contributed by atoms with Gasteiger partial charge in [-0.15, -0.1) is 11.8 Å². The minimum Gasteiger partial charge on any atom is -0.459 e. The fourth-order valence-electron chi connectivity index (χ4n) is 1.50. The second kappa shape index (κ2) is 5.77. The number of carbonyl (C=O) groups is 1. The molecule has 0 unspecified atom stereocenters. The largest absolute Gasteiger partial charge is 0.459 e. The second-order valence-corrected chi connectivity index (χ2v) is 4.74. The lowest BCUT2D eigenvalue weighted by atomic mass is 10.3. The summed E-state index contributed by atoms with van der Waals surface area (Å²) in [5.41, 5.74) is 8.89. The highest BCUT2D eigenvalue weighted by Crippen LogP contribution is 2.30. The lowest BCUT2D eigenvalue weighted by Crippen LogP contribution is -2.30. The van der Waals surface area contributed by atoms with Crippen LogP contribution in [-0.4, -0.2) is 5.91 Å². The number of rotatable bonds is 4. The molecule has 1 aromatic carbocycles. The number of benzene rings is 1. The number of thioether (sulfide) groups is 1. The molecule has 0 saturated heterocycles. The predicted molar refractivity (Wildman–Crippen MR) is 70.7 cm³/mol. The van der Waals surface area contributed by atoms with Crippen molar-refractivity contribution in [2.24, 2.45) is 5.84 Å². The van der Waals surface area contributed by atoms with Crippen LogP contribution in [0.5, 0.6) is 0 Å². The van der Waals surface area contributed by atoms with E-state index in [1.807, 2.05) is 5.43 Å². The lowest BCUT2D eigenvalue weighted by Gasteiger charge is -2.05. The van der Waals surface area contributed by atoms with Crippen molar-refractivity contribution in [2.45, 2.75) is 10.6 Å². The zero-order valence-electron chi connectivity index (χ0n) is 9.85. The van der Waals surface area contributed by atoms with Crippen LogP contribution in [-0.2, 0) is 5.75 Å². The first kappa shape index (κ1) is 13.4. The smallest absolute Gasteiger partial charge is 0.301 e. The molecule has 2 rings (SSSR count). The Morgan fingerprint density at radius 1 is 1.42 bits per heavy atom. The molecule has 0 spiro atoms. The Bertz CT molecular complexity index is 600. The first-order chi connectivity index (χ1) is 9.11. The molecule has 0 bridgehead atoms. The molecule has 1 aromatic heterocycles. The van der Waals surface area contributed by atoms with Crippen molar-refractivity contribution in [3.05, 3.63) is 47.7 Å². The summed E-state index contributed by atoms with van der Waals surface area (Å²) in [6.07, 6.45) is 1.40. The molecule has 0 aliphatic carbocycles. The fraction of sp³-hybridized carbons (Fsp3) is 0.0833. The summed E-state index contributed by atoms with van der Waals surface area (Å²) in [6, 6.07) is 5.81. The Balaban J connectivity index is 2.13. The third kappa shape index (κ3) is 3.07. The van der Waals surface area contributed by atoms with Crippen molar-refractivity contribution in [1.29, 1.82) is 0 Å². The van der Waals surface area contributed by atoms with Crippen LogP contribution in [0.1, 0.15) is 16.1 Å². The first-order valence-corrected chi connectivity index (χ1v) is 6.35. The van der Waals surface area contributed by atoms with Crippen molar-refractivity contribution in [2.75, 3.05) is 5.73 Å². The molecule has 100 valence electrons. The SMILES string of the molecule is NNC(=O)c1occc1CSc1cc(F)ccc1N. The summed E-state index contributed by atoms with van der Waals surface area (Å²) >= 11 is 1.32. The van der Waals surface area contributed by atoms with E-state index >= 15 is 0 Å². The maximum absolute atomic E-state index is 13.1. The quantitative estimate of drug-likeness (QED) is 0.261. The molecule has 0 radical (unpaired) electrons. The maximum Gasteiger partial charge on any atom is 0.301 e. The van der Waals surface area contributed by atoms with Gasteiger partial charge in [0.1, 0.15) is 5.82 Å². The van der Waals surface area contributed by atoms with Gasteiger partial charge in [0.2, 0.25) is 0 Å². The van der Waals surface area contributed by atoms with E-state index in [0.29, 0.717) is 21.9 Å². The topological polar surface area (TPSA) is 94.3 Å². The van der Waals surface area contributed by atoms with Gasteiger partial charge in [-0.25, -0.2) is 10.2 Å². The highest BCUT2D eigenvalue weighted by molar-refractivity contribution is 7.98. The third-order valence-corrected chi connectivity index (χ3v) is 3.56. The van der Waals surface area contributed by atoms with Crippen LogP contribution in [0, 0.1) is 5.82 Å². The van der Waals surface area contributed by atoms with Gasteiger partial charge in [-0.1, -0.05) is 0 Å². The van der Waals surface area contributed by atoms with E-state index in [1.165, 1.54) is 36.2 Å². The normalized spacial score (nSPS) is 10.4. The van der Waals surface area contributed by atoms with Gasteiger partial charge in [0.25, 0.3) is 0 Å². The van der Waals surface area contributed by atoms with E-state index in [9.17, 15) is 9.18 Å². The summed E-state index contributed by atoms with van der Waals surface area (Å²) in [5, 5.41) is 0. The number of nitrogens with one attached hydrogen (secondary N) is 1. The average molecular weight is 281 g/mol. The third-order valence-electron chi connectivity index (χ3n) is 2.44. The van der Waals surface area contributed by atoms with Gasteiger partial charge in [0.05, 0.1) is 6.26 Å². The molecule has 19 heavy (non-hydrogen) atoms. The number of amides is 1. The van der Waals surface area contributed by atoms with Crippen molar-refractivity contribution < 1.29 is 13.6 Å². The van der Waals surface area contributed by atoms with Crippen molar-refractivity contribution in [3.63, 3.8) is 0 Å². The Morgan fingerprint density at radius 2 is 2.21 bits per heavy atom.